The molecule has 0 saturated carbocycles. The van der Waals surface area contributed by atoms with E-state index in [1.807, 2.05) is 11.2 Å². The van der Waals surface area contributed by atoms with Crippen LogP contribution in [-0.4, -0.2) is 75.8 Å². The number of benzene rings is 1. The van der Waals surface area contributed by atoms with Gasteiger partial charge in [0.1, 0.15) is 23.2 Å². The molecule has 0 unspecified atom stereocenters. The van der Waals surface area contributed by atoms with E-state index in [1.54, 1.807) is 39.0 Å². The summed E-state index contributed by atoms with van der Waals surface area (Å²) >= 11 is 0. The molecule has 10 nitrogen and oxygen atoms in total. The minimum Gasteiger partial charge on any atom is -0.489 e. The number of ether oxygens (including phenoxy) is 1. The Hall–Kier alpha value is -4.37. The van der Waals surface area contributed by atoms with Gasteiger partial charge >= 0.3 is 12.4 Å². The molecule has 1 N–H and O–H groups in total. The lowest BCUT2D eigenvalue weighted by Gasteiger charge is -2.35. The molecule has 1 amide bonds. The first-order chi connectivity index (χ1) is 20.4. The van der Waals surface area contributed by atoms with E-state index < -0.39 is 41.2 Å². The van der Waals surface area contributed by atoms with Gasteiger partial charge in [-0.05, 0) is 18.6 Å². The predicted octanol–water partition coefficient (Wildman–Crippen LogP) is 3.75. The van der Waals surface area contributed by atoms with Gasteiger partial charge in [0.2, 0.25) is 11.9 Å². The van der Waals surface area contributed by atoms with Crippen LogP contribution < -0.4 is 20.1 Å². The second-order valence-corrected chi connectivity index (χ2v) is 10.2. The highest BCUT2D eigenvalue weighted by Gasteiger charge is 2.39. The molecule has 2 saturated heterocycles. The molecule has 230 valence electrons. The summed E-state index contributed by atoms with van der Waals surface area (Å²) in [5.41, 5.74) is -3.66. The number of rotatable bonds is 7. The maximum atomic E-state index is 13.4. The van der Waals surface area contributed by atoms with Gasteiger partial charge in [0.15, 0.2) is 0 Å². The average molecular weight is 612 g/mol. The van der Waals surface area contributed by atoms with Crippen LogP contribution >= 0.6 is 0 Å². The summed E-state index contributed by atoms with van der Waals surface area (Å²) in [7, 11) is 0. The monoisotopic (exact) mass is 611 g/mol. The number of aromatic amines is 1. The molecule has 0 bridgehead atoms. The van der Waals surface area contributed by atoms with E-state index in [0.29, 0.717) is 44.4 Å². The topological polar surface area (TPSA) is 108 Å². The summed E-state index contributed by atoms with van der Waals surface area (Å²) in [5.74, 6) is 0.474. The first-order valence-electron chi connectivity index (χ1n) is 13.5. The molecule has 43 heavy (non-hydrogen) atoms. The number of nitrogens with zero attached hydrogens (tertiary/aromatic N) is 6. The van der Waals surface area contributed by atoms with Crippen LogP contribution in [0.4, 0.5) is 38.1 Å². The zero-order valence-corrected chi connectivity index (χ0v) is 22.6. The van der Waals surface area contributed by atoms with Crippen molar-refractivity contribution in [1.82, 2.24) is 25.1 Å². The molecule has 5 rings (SSSR count). The summed E-state index contributed by atoms with van der Waals surface area (Å²) in [6.45, 7) is 1.43. The Morgan fingerprint density at radius 2 is 1.65 bits per heavy atom. The molecule has 2 fully saturated rings. The third-order valence-corrected chi connectivity index (χ3v) is 7.38. The molecule has 1 aromatic carbocycles. The Morgan fingerprint density at radius 3 is 2.28 bits per heavy atom. The van der Waals surface area contributed by atoms with E-state index in [2.05, 4.69) is 15.1 Å². The molecule has 2 atom stereocenters. The highest BCUT2D eigenvalue weighted by atomic mass is 19.4. The van der Waals surface area contributed by atoms with Crippen molar-refractivity contribution in [2.45, 2.75) is 43.8 Å². The molecular formula is C27H27F6N7O3. The van der Waals surface area contributed by atoms with Crippen molar-refractivity contribution < 1.29 is 35.9 Å². The number of aromatic nitrogens is 4. The van der Waals surface area contributed by atoms with Crippen LogP contribution in [0.2, 0.25) is 0 Å². The summed E-state index contributed by atoms with van der Waals surface area (Å²) in [4.78, 5) is 37.4. The maximum Gasteiger partial charge on any atom is 0.421 e. The second-order valence-electron chi connectivity index (χ2n) is 10.2. The van der Waals surface area contributed by atoms with Crippen LogP contribution in [-0.2, 0) is 17.1 Å². The van der Waals surface area contributed by atoms with Crippen LogP contribution in [0.3, 0.4) is 0 Å². The molecule has 0 aliphatic carbocycles. The highest BCUT2D eigenvalue weighted by Crippen LogP contribution is 2.33. The standard InChI is InChI=1S/C27H27F6N7O3/c28-26(29,30)17-14-34-25(35-15-17)39-10-8-38(9-11-39)23(41)7-6-18-12-20(43-19-4-2-1-3-5-19)16-40(18)22-13-21(27(31,32)33)24(42)37-36-22/h1-5,13-15,18,20H,6-12,16H2,(H,37,42)/t18-,20+/m1/s1. The number of piperazine rings is 1. The minimum absolute atomic E-state index is 0.0753. The number of hydrogen-bond donors (Lipinski definition) is 1. The molecule has 2 aromatic heterocycles. The van der Waals surface area contributed by atoms with Gasteiger partial charge in [-0.2, -0.15) is 31.4 Å². The number of carbonyl (C=O) groups excluding carboxylic acids is 1. The number of hydrogen-bond acceptors (Lipinski definition) is 8. The number of anilines is 2. The fourth-order valence-corrected chi connectivity index (χ4v) is 5.19. The normalized spacial score (nSPS) is 19.5. The Morgan fingerprint density at radius 1 is 0.977 bits per heavy atom. The number of halogens is 6. The van der Waals surface area contributed by atoms with E-state index in [0.717, 1.165) is 12.4 Å². The Labute approximate surface area is 241 Å². The zero-order chi connectivity index (χ0) is 30.8. The smallest absolute Gasteiger partial charge is 0.421 e. The predicted molar refractivity (Wildman–Crippen MR) is 142 cm³/mol. The molecule has 0 spiro atoms. The SMILES string of the molecule is O=C(CC[C@@H]1C[C@H](Oc2ccccc2)CN1c1cc(C(F)(F)F)c(=O)[nH]n1)N1CCN(c2ncc(C(F)(F)F)cn2)CC1. The van der Waals surface area contributed by atoms with Gasteiger partial charge in [0.05, 0.1) is 12.1 Å². The highest BCUT2D eigenvalue weighted by molar-refractivity contribution is 5.76. The first-order valence-corrected chi connectivity index (χ1v) is 13.5. The molecule has 2 aliphatic heterocycles. The van der Waals surface area contributed by atoms with Crippen molar-refractivity contribution in [3.63, 3.8) is 0 Å². The Bertz CT molecular complexity index is 1460. The van der Waals surface area contributed by atoms with E-state index in [1.165, 1.54) is 0 Å². The molecule has 16 heteroatoms. The summed E-state index contributed by atoms with van der Waals surface area (Å²) < 4.78 is 84.8. The van der Waals surface area contributed by atoms with Crippen molar-refractivity contribution in [2.75, 3.05) is 42.5 Å². The van der Waals surface area contributed by atoms with Crippen LogP contribution in [0, 0.1) is 0 Å². The molecule has 0 radical (unpaired) electrons. The number of H-pyrrole nitrogens is 1. The quantitative estimate of drug-likeness (QED) is 0.403. The fraction of sp³-hybridized carbons (Fsp3) is 0.444. The number of carbonyl (C=O) groups is 1. The number of nitrogens with one attached hydrogen (secondary N) is 1. The summed E-state index contributed by atoms with van der Waals surface area (Å²) in [6, 6.07) is 9.23. The first kappa shape index (κ1) is 30.1. The summed E-state index contributed by atoms with van der Waals surface area (Å²) in [5, 5.41) is 5.78. The molecule has 2 aliphatic rings. The van der Waals surface area contributed by atoms with Crippen molar-refractivity contribution >= 4 is 17.7 Å². The van der Waals surface area contributed by atoms with Gasteiger partial charge in [0, 0.05) is 63.5 Å². The van der Waals surface area contributed by atoms with Crippen molar-refractivity contribution in [3.05, 3.63) is 70.3 Å². The van der Waals surface area contributed by atoms with E-state index >= 15 is 0 Å². The lowest BCUT2D eigenvalue weighted by Crippen LogP contribution is -2.49. The summed E-state index contributed by atoms with van der Waals surface area (Å²) in [6.07, 6.45) is -7.59. The minimum atomic E-state index is -4.87. The lowest BCUT2D eigenvalue weighted by molar-refractivity contribution is -0.139. The third-order valence-electron chi connectivity index (χ3n) is 7.38. The number of alkyl halides is 6. The van der Waals surface area contributed by atoms with Gasteiger partial charge in [-0.15, -0.1) is 0 Å². The van der Waals surface area contributed by atoms with Crippen molar-refractivity contribution in [1.29, 1.82) is 0 Å². The van der Waals surface area contributed by atoms with E-state index in [4.69, 9.17) is 4.74 Å². The van der Waals surface area contributed by atoms with E-state index in [9.17, 15) is 35.9 Å². The number of amides is 1. The van der Waals surface area contributed by atoms with Gasteiger partial charge in [-0.3, -0.25) is 9.59 Å². The van der Waals surface area contributed by atoms with Crippen LogP contribution in [0.5, 0.6) is 5.75 Å². The van der Waals surface area contributed by atoms with E-state index in [-0.39, 0.29) is 37.1 Å². The van der Waals surface area contributed by atoms with Gasteiger partial charge < -0.3 is 19.4 Å². The van der Waals surface area contributed by atoms with Gasteiger partial charge in [-0.25, -0.2) is 15.1 Å². The number of para-hydroxylation sites is 1. The lowest BCUT2D eigenvalue weighted by atomic mass is 10.1. The van der Waals surface area contributed by atoms with Crippen molar-refractivity contribution in [3.8, 4) is 5.75 Å². The zero-order valence-electron chi connectivity index (χ0n) is 22.6. The Kier molecular flexibility index (Phi) is 8.46. The van der Waals surface area contributed by atoms with Crippen LogP contribution in [0.15, 0.2) is 53.6 Å². The second kappa shape index (κ2) is 12.1. The fourth-order valence-electron chi connectivity index (χ4n) is 5.19. The van der Waals surface area contributed by atoms with Gasteiger partial charge in [0.25, 0.3) is 5.56 Å². The maximum absolute atomic E-state index is 13.4. The van der Waals surface area contributed by atoms with Crippen molar-refractivity contribution in [2.24, 2.45) is 0 Å². The van der Waals surface area contributed by atoms with Crippen LogP contribution in [0.1, 0.15) is 30.4 Å². The molecular weight excluding hydrogens is 584 g/mol. The largest absolute Gasteiger partial charge is 0.489 e. The molecule has 3 aromatic rings. The van der Waals surface area contributed by atoms with Gasteiger partial charge in [-0.1, -0.05) is 18.2 Å². The molecule has 4 heterocycles. The van der Waals surface area contributed by atoms with Crippen LogP contribution in [0.25, 0.3) is 0 Å². The average Bonchev–Trinajstić information content (AvgIpc) is 3.38. The Balaban J connectivity index is 1.23. The third kappa shape index (κ3) is 7.17.